The molecule has 0 bridgehead atoms. The van der Waals surface area contributed by atoms with Gasteiger partial charge in [0.1, 0.15) is 5.82 Å². The Morgan fingerprint density at radius 3 is 2.16 bits per heavy atom. The number of carbonyl (C=O) groups is 1. The predicted octanol–water partition coefficient (Wildman–Crippen LogP) is 5.83. The molecule has 0 unspecified atom stereocenters. The zero-order valence-corrected chi connectivity index (χ0v) is 17.4. The van der Waals surface area contributed by atoms with Gasteiger partial charge in [0.05, 0.1) is 0 Å². The van der Waals surface area contributed by atoms with Crippen LogP contribution in [0.1, 0.15) is 21.6 Å². The highest BCUT2D eigenvalue weighted by Gasteiger charge is 2.07. The average Bonchev–Trinajstić information content (AvgIpc) is 2.75. The Labute approximate surface area is 181 Å². The molecule has 0 saturated carbocycles. The average molecular weight is 409 g/mol. The summed E-state index contributed by atoms with van der Waals surface area (Å²) in [6.07, 6.45) is 0. The van der Waals surface area contributed by atoms with Crippen molar-refractivity contribution in [2.24, 2.45) is 0 Å². The fourth-order valence-corrected chi connectivity index (χ4v) is 3.11. The van der Waals surface area contributed by atoms with Gasteiger partial charge in [0.25, 0.3) is 5.91 Å². The maximum atomic E-state index is 12.4. The predicted molar refractivity (Wildman–Crippen MR) is 125 cm³/mol. The lowest BCUT2D eigenvalue weighted by Gasteiger charge is -2.11. The number of rotatable bonds is 6. The Morgan fingerprint density at radius 1 is 0.710 bits per heavy atom. The van der Waals surface area contributed by atoms with Crippen molar-refractivity contribution < 1.29 is 4.79 Å². The Balaban J connectivity index is 1.43. The number of nitrogens with one attached hydrogen (secondary N) is 3. The molecule has 1 amide bonds. The van der Waals surface area contributed by atoms with Crippen LogP contribution < -0.4 is 16.0 Å². The van der Waals surface area contributed by atoms with Crippen LogP contribution in [0.15, 0.2) is 84.9 Å². The standard InChI is InChI=1S/C25H23N5O/c1-17-7-6-8-19(15-17)24(31)28-21-11-13-22(14-12-21)29-25-26-18(2)16-23(30-25)27-20-9-4-3-5-10-20/h3-16H,1-2H3,(H,28,31)(H2,26,27,29,30). The molecule has 0 aliphatic rings. The monoisotopic (exact) mass is 409 g/mol. The lowest BCUT2D eigenvalue weighted by Crippen LogP contribution is -2.11. The van der Waals surface area contributed by atoms with E-state index in [0.29, 0.717) is 23.0 Å². The van der Waals surface area contributed by atoms with Crippen molar-refractivity contribution in [3.8, 4) is 0 Å². The summed E-state index contributed by atoms with van der Waals surface area (Å²) in [5.74, 6) is 1.07. The summed E-state index contributed by atoms with van der Waals surface area (Å²) in [6.45, 7) is 3.89. The lowest BCUT2D eigenvalue weighted by atomic mass is 10.1. The van der Waals surface area contributed by atoms with Gasteiger partial charge in [0.15, 0.2) is 0 Å². The fraction of sp³-hybridized carbons (Fsp3) is 0.0800. The number of nitrogens with zero attached hydrogens (tertiary/aromatic N) is 2. The maximum absolute atomic E-state index is 12.4. The first-order valence-corrected chi connectivity index (χ1v) is 9.98. The summed E-state index contributed by atoms with van der Waals surface area (Å²) in [6, 6.07) is 26.7. The summed E-state index contributed by atoms with van der Waals surface area (Å²) in [5, 5.41) is 9.41. The van der Waals surface area contributed by atoms with Gasteiger partial charge in [-0.05, 0) is 62.4 Å². The Morgan fingerprint density at radius 2 is 1.42 bits per heavy atom. The molecule has 1 heterocycles. The third kappa shape index (κ3) is 5.45. The third-order valence-corrected chi connectivity index (χ3v) is 4.58. The first-order chi connectivity index (χ1) is 15.0. The van der Waals surface area contributed by atoms with Crippen LogP contribution in [-0.2, 0) is 0 Å². The minimum Gasteiger partial charge on any atom is -0.340 e. The second-order valence-electron chi connectivity index (χ2n) is 7.24. The van der Waals surface area contributed by atoms with Crippen LogP contribution in [0.3, 0.4) is 0 Å². The molecule has 0 saturated heterocycles. The zero-order valence-electron chi connectivity index (χ0n) is 17.4. The van der Waals surface area contributed by atoms with E-state index < -0.39 is 0 Å². The highest BCUT2D eigenvalue weighted by atomic mass is 16.1. The fourth-order valence-electron chi connectivity index (χ4n) is 3.11. The maximum Gasteiger partial charge on any atom is 0.255 e. The van der Waals surface area contributed by atoms with E-state index in [-0.39, 0.29) is 5.91 Å². The summed E-state index contributed by atoms with van der Waals surface area (Å²) in [4.78, 5) is 21.4. The van der Waals surface area contributed by atoms with Crippen LogP contribution >= 0.6 is 0 Å². The number of benzene rings is 3. The topological polar surface area (TPSA) is 78.9 Å². The largest absolute Gasteiger partial charge is 0.340 e. The van der Waals surface area contributed by atoms with Crippen LogP contribution in [0, 0.1) is 13.8 Å². The molecular formula is C25H23N5O. The van der Waals surface area contributed by atoms with E-state index in [1.165, 1.54) is 0 Å². The molecular weight excluding hydrogens is 386 g/mol. The van der Waals surface area contributed by atoms with Crippen molar-refractivity contribution in [2.45, 2.75) is 13.8 Å². The third-order valence-electron chi connectivity index (χ3n) is 4.58. The summed E-state index contributed by atoms with van der Waals surface area (Å²) < 4.78 is 0. The molecule has 6 heteroatoms. The van der Waals surface area contributed by atoms with Crippen LogP contribution in [0.2, 0.25) is 0 Å². The number of amides is 1. The number of hydrogen-bond donors (Lipinski definition) is 3. The molecule has 0 aliphatic heterocycles. The molecule has 4 rings (SSSR count). The highest BCUT2D eigenvalue weighted by molar-refractivity contribution is 6.04. The molecule has 1 aromatic heterocycles. The molecule has 6 nitrogen and oxygen atoms in total. The summed E-state index contributed by atoms with van der Waals surface area (Å²) in [7, 11) is 0. The molecule has 0 spiro atoms. The SMILES string of the molecule is Cc1cccc(C(=O)Nc2ccc(Nc3nc(C)cc(Nc4ccccc4)n3)cc2)c1. The number of aromatic nitrogens is 2. The van der Waals surface area contributed by atoms with Gasteiger partial charge < -0.3 is 16.0 Å². The quantitative estimate of drug-likeness (QED) is 0.373. The van der Waals surface area contributed by atoms with Gasteiger partial charge in [-0.3, -0.25) is 4.79 Å². The minimum absolute atomic E-state index is 0.136. The first-order valence-electron chi connectivity index (χ1n) is 9.98. The first kappa shape index (κ1) is 20.1. The van der Waals surface area contributed by atoms with Crippen LogP contribution in [-0.4, -0.2) is 15.9 Å². The van der Waals surface area contributed by atoms with E-state index in [0.717, 1.165) is 22.6 Å². The van der Waals surface area contributed by atoms with E-state index in [4.69, 9.17) is 0 Å². The molecule has 0 radical (unpaired) electrons. The number of aryl methyl sites for hydroxylation is 2. The van der Waals surface area contributed by atoms with E-state index in [1.807, 2.05) is 92.7 Å². The molecule has 4 aromatic rings. The normalized spacial score (nSPS) is 10.4. The van der Waals surface area contributed by atoms with Crippen LogP contribution in [0.25, 0.3) is 0 Å². The molecule has 31 heavy (non-hydrogen) atoms. The second-order valence-corrected chi connectivity index (χ2v) is 7.24. The van der Waals surface area contributed by atoms with Gasteiger partial charge in [-0.15, -0.1) is 0 Å². The second kappa shape index (κ2) is 9.09. The van der Waals surface area contributed by atoms with Crippen molar-refractivity contribution >= 4 is 34.7 Å². The number of hydrogen-bond acceptors (Lipinski definition) is 5. The number of anilines is 5. The molecule has 3 N–H and O–H groups in total. The van der Waals surface area contributed by atoms with Gasteiger partial charge in [0.2, 0.25) is 5.95 Å². The van der Waals surface area contributed by atoms with E-state index >= 15 is 0 Å². The smallest absolute Gasteiger partial charge is 0.255 e. The van der Waals surface area contributed by atoms with Crippen LogP contribution in [0.5, 0.6) is 0 Å². The minimum atomic E-state index is -0.136. The Kier molecular flexibility index (Phi) is 5.89. The zero-order chi connectivity index (χ0) is 21.6. The van der Waals surface area contributed by atoms with E-state index in [2.05, 4.69) is 25.9 Å². The Bertz CT molecular complexity index is 1190. The van der Waals surface area contributed by atoms with Crippen molar-refractivity contribution in [1.29, 1.82) is 0 Å². The molecule has 0 aliphatic carbocycles. The van der Waals surface area contributed by atoms with E-state index in [1.54, 1.807) is 6.07 Å². The molecule has 3 aromatic carbocycles. The van der Waals surface area contributed by atoms with Crippen molar-refractivity contribution in [1.82, 2.24) is 9.97 Å². The van der Waals surface area contributed by atoms with Gasteiger partial charge in [0, 0.05) is 34.4 Å². The molecule has 0 fully saturated rings. The lowest BCUT2D eigenvalue weighted by molar-refractivity contribution is 0.102. The van der Waals surface area contributed by atoms with Gasteiger partial charge >= 0.3 is 0 Å². The van der Waals surface area contributed by atoms with Gasteiger partial charge in [-0.2, -0.15) is 4.98 Å². The number of carbonyl (C=O) groups excluding carboxylic acids is 1. The van der Waals surface area contributed by atoms with Crippen molar-refractivity contribution in [2.75, 3.05) is 16.0 Å². The van der Waals surface area contributed by atoms with E-state index in [9.17, 15) is 4.79 Å². The number of para-hydroxylation sites is 1. The van der Waals surface area contributed by atoms with Crippen LogP contribution in [0.4, 0.5) is 28.8 Å². The van der Waals surface area contributed by atoms with Crippen molar-refractivity contribution in [3.63, 3.8) is 0 Å². The summed E-state index contributed by atoms with van der Waals surface area (Å²) in [5.41, 5.74) is 5.02. The van der Waals surface area contributed by atoms with Gasteiger partial charge in [-0.25, -0.2) is 4.98 Å². The summed E-state index contributed by atoms with van der Waals surface area (Å²) >= 11 is 0. The van der Waals surface area contributed by atoms with Gasteiger partial charge in [-0.1, -0.05) is 35.9 Å². The molecule has 0 atom stereocenters. The Hall–Kier alpha value is -4.19. The molecule has 154 valence electrons. The highest BCUT2D eigenvalue weighted by Crippen LogP contribution is 2.21. The van der Waals surface area contributed by atoms with Crippen molar-refractivity contribution in [3.05, 3.63) is 102 Å².